The summed E-state index contributed by atoms with van der Waals surface area (Å²) in [6.45, 7) is 5.64. The van der Waals surface area contributed by atoms with Crippen LogP contribution in [-0.2, 0) is 4.79 Å². The molecule has 5 heteroatoms. The van der Waals surface area contributed by atoms with E-state index in [0.717, 1.165) is 30.7 Å². The van der Waals surface area contributed by atoms with Crippen molar-refractivity contribution in [2.45, 2.75) is 52.5 Å². The van der Waals surface area contributed by atoms with E-state index in [0.29, 0.717) is 12.4 Å². The number of anilines is 1. The Hall–Kier alpha value is -1.65. The monoisotopic (exact) mass is 263 g/mol. The molecule has 2 rings (SSSR count). The first kappa shape index (κ1) is 13.8. The minimum atomic E-state index is -0.742. The van der Waals surface area contributed by atoms with Crippen LogP contribution in [0.3, 0.4) is 0 Å². The number of carbonyl (C=O) groups is 1. The number of carboxylic acids is 1. The van der Waals surface area contributed by atoms with Crippen molar-refractivity contribution >= 4 is 11.9 Å². The fourth-order valence-electron chi connectivity index (χ4n) is 2.77. The van der Waals surface area contributed by atoms with Crippen molar-refractivity contribution < 1.29 is 9.90 Å². The van der Waals surface area contributed by atoms with Crippen molar-refractivity contribution in [2.75, 3.05) is 5.32 Å². The van der Waals surface area contributed by atoms with Gasteiger partial charge < -0.3 is 10.4 Å². The van der Waals surface area contributed by atoms with Gasteiger partial charge in [0.05, 0.1) is 5.41 Å². The first-order valence-corrected chi connectivity index (χ1v) is 6.74. The molecule has 0 aromatic carbocycles. The van der Waals surface area contributed by atoms with E-state index in [1.807, 2.05) is 26.8 Å². The van der Waals surface area contributed by atoms with Crippen LogP contribution in [0.2, 0.25) is 0 Å². The molecule has 0 bridgehead atoms. The first-order valence-electron chi connectivity index (χ1n) is 6.74. The van der Waals surface area contributed by atoms with Gasteiger partial charge in [-0.2, -0.15) is 0 Å². The molecule has 0 amide bonds. The number of nitrogens with one attached hydrogen (secondary N) is 1. The molecule has 1 aliphatic carbocycles. The van der Waals surface area contributed by atoms with Crippen molar-refractivity contribution in [1.82, 2.24) is 9.97 Å². The normalized spacial score (nSPS) is 27.0. The number of nitrogens with zero attached hydrogens (tertiary/aromatic N) is 2. The van der Waals surface area contributed by atoms with E-state index in [-0.39, 0.29) is 6.04 Å². The van der Waals surface area contributed by atoms with Crippen molar-refractivity contribution in [2.24, 2.45) is 5.41 Å². The largest absolute Gasteiger partial charge is 0.481 e. The standard InChI is InChI=1S/C14H21N3O2/c1-9-8-10(2)16-13(15-9)17-11-6-4-5-7-14(11,3)12(18)19/h8,11H,4-7H2,1-3H3,(H,18,19)(H,15,16,17). The van der Waals surface area contributed by atoms with Crippen molar-refractivity contribution in [1.29, 1.82) is 0 Å². The van der Waals surface area contributed by atoms with E-state index in [9.17, 15) is 9.90 Å². The number of rotatable bonds is 3. The number of hydrogen-bond donors (Lipinski definition) is 2. The average Bonchev–Trinajstić information content (AvgIpc) is 2.30. The molecule has 2 N–H and O–H groups in total. The molecule has 0 spiro atoms. The molecule has 1 fully saturated rings. The van der Waals surface area contributed by atoms with Gasteiger partial charge in [0.1, 0.15) is 0 Å². The Morgan fingerprint density at radius 3 is 2.58 bits per heavy atom. The van der Waals surface area contributed by atoms with Crippen LogP contribution in [0.5, 0.6) is 0 Å². The highest BCUT2D eigenvalue weighted by Gasteiger charge is 2.43. The Morgan fingerprint density at radius 2 is 2.00 bits per heavy atom. The average molecular weight is 263 g/mol. The van der Waals surface area contributed by atoms with Crippen LogP contribution < -0.4 is 5.32 Å². The Kier molecular flexibility index (Phi) is 3.73. The van der Waals surface area contributed by atoms with Crippen LogP contribution >= 0.6 is 0 Å². The minimum Gasteiger partial charge on any atom is -0.481 e. The van der Waals surface area contributed by atoms with E-state index in [4.69, 9.17) is 0 Å². The minimum absolute atomic E-state index is 0.111. The molecule has 1 aromatic rings. The highest BCUT2D eigenvalue weighted by Crippen LogP contribution is 2.37. The second kappa shape index (κ2) is 5.15. The lowest BCUT2D eigenvalue weighted by Crippen LogP contribution is -2.47. The second-order valence-corrected chi connectivity index (χ2v) is 5.64. The third-order valence-electron chi connectivity index (χ3n) is 3.98. The quantitative estimate of drug-likeness (QED) is 0.876. The molecule has 104 valence electrons. The molecule has 0 radical (unpaired) electrons. The Labute approximate surface area is 113 Å². The van der Waals surface area contributed by atoms with Gasteiger partial charge in [0, 0.05) is 17.4 Å². The van der Waals surface area contributed by atoms with E-state index in [1.165, 1.54) is 0 Å². The SMILES string of the molecule is Cc1cc(C)nc(NC2CCCCC2(C)C(=O)O)n1. The van der Waals surface area contributed by atoms with Gasteiger partial charge in [-0.05, 0) is 39.7 Å². The van der Waals surface area contributed by atoms with E-state index >= 15 is 0 Å². The number of aliphatic carboxylic acids is 1. The van der Waals surface area contributed by atoms with Gasteiger partial charge in [0.25, 0.3) is 0 Å². The molecule has 1 aliphatic rings. The summed E-state index contributed by atoms with van der Waals surface area (Å²) in [5.41, 5.74) is 1.05. The first-order chi connectivity index (χ1) is 8.91. The fourth-order valence-corrected chi connectivity index (χ4v) is 2.77. The summed E-state index contributed by atoms with van der Waals surface area (Å²) in [6.07, 6.45) is 3.56. The third kappa shape index (κ3) is 2.85. The van der Waals surface area contributed by atoms with Crippen LogP contribution in [0.25, 0.3) is 0 Å². The van der Waals surface area contributed by atoms with Gasteiger partial charge in [0.15, 0.2) is 0 Å². The van der Waals surface area contributed by atoms with Gasteiger partial charge in [-0.25, -0.2) is 9.97 Å². The van der Waals surface area contributed by atoms with Gasteiger partial charge in [-0.15, -0.1) is 0 Å². The van der Waals surface area contributed by atoms with Crippen LogP contribution in [0.1, 0.15) is 44.0 Å². The number of aromatic nitrogens is 2. The maximum Gasteiger partial charge on any atom is 0.311 e. The Balaban J connectivity index is 2.22. The summed E-state index contributed by atoms with van der Waals surface area (Å²) in [5, 5.41) is 12.7. The Bertz CT molecular complexity index is 469. The summed E-state index contributed by atoms with van der Waals surface area (Å²) in [6, 6.07) is 1.79. The summed E-state index contributed by atoms with van der Waals surface area (Å²) < 4.78 is 0. The summed E-state index contributed by atoms with van der Waals surface area (Å²) in [4.78, 5) is 20.2. The summed E-state index contributed by atoms with van der Waals surface area (Å²) >= 11 is 0. The smallest absolute Gasteiger partial charge is 0.311 e. The molecular formula is C14H21N3O2. The summed E-state index contributed by atoms with van der Waals surface area (Å²) in [5.74, 6) is -0.203. The van der Waals surface area contributed by atoms with Crippen LogP contribution in [0.4, 0.5) is 5.95 Å². The molecule has 0 saturated heterocycles. The maximum atomic E-state index is 11.5. The summed E-state index contributed by atoms with van der Waals surface area (Å²) in [7, 11) is 0. The van der Waals surface area contributed by atoms with E-state index < -0.39 is 11.4 Å². The fraction of sp³-hybridized carbons (Fsp3) is 0.643. The zero-order valence-corrected chi connectivity index (χ0v) is 11.7. The van der Waals surface area contributed by atoms with Crippen LogP contribution in [0, 0.1) is 19.3 Å². The maximum absolute atomic E-state index is 11.5. The third-order valence-corrected chi connectivity index (χ3v) is 3.98. The molecule has 2 unspecified atom stereocenters. The van der Waals surface area contributed by atoms with Gasteiger partial charge in [0.2, 0.25) is 5.95 Å². The highest BCUT2D eigenvalue weighted by molar-refractivity contribution is 5.76. The molecule has 1 heterocycles. The lowest BCUT2D eigenvalue weighted by molar-refractivity contribution is -0.150. The van der Waals surface area contributed by atoms with E-state index in [2.05, 4.69) is 15.3 Å². The second-order valence-electron chi connectivity index (χ2n) is 5.64. The van der Waals surface area contributed by atoms with Crippen molar-refractivity contribution in [3.05, 3.63) is 17.5 Å². The van der Waals surface area contributed by atoms with Gasteiger partial charge in [-0.1, -0.05) is 12.8 Å². The molecule has 1 saturated carbocycles. The molecular weight excluding hydrogens is 242 g/mol. The lowest BCUT2D eigenvalue weighted by Gasteiger charge is -2.38. The molecule has 1 aromatic heterocycles. The lowest BCUT2D eigenvalue weighted by atomic mass is 9.72. The number of carboxylic acid groups (broad SMARTS) is 1. The topological polar surface area (TPSA) is 75.1 Å². The van der Waals surface area contributed by atoms with Gasteiger partial charge >= 0.3 is 5.97 Å². The van der Waals surface area contributed by atoms with Gasteiger partial charge in [-0.3, -0.25) is 4.79 Å². The van der Waals surface area contributed by atoms with Crippen LogP contribution in [0.15, 0.2) is 6.07 Å². The highest BCUT2D eigenvalue weighted by atomic mass is 16.4. The molecule has 0 aliphatic heterocycles. The van der Waals surface area contributed by atoms with Crippen molar-refractivity contribution in [3.8, 4) is 0 Å². The Morgan fingerprint density at radius 1 is 1.37 bits per heavy atom. The number of hydrogen-bond acceptors (Lipinski definition) is 4. The predicted octanol–water partition coefficient (Wildman–Crippen LogP) is 2.54. The molecule has 2 atom stereocenters. The van der Waals surface area contributed by atoms with Crippen LogP contribution in [-0.4, -0.2) is 27.1 Å². The van der Waals surface area contributed by atoms with E-state index in [1.54, 1.807) is 0 Å². The molecule has 19 heavy (non-hydrogen) atoms. The predicted molar refractivity (Wildman–Crippen MR) is 73.1 cm³/mol. The molecule has 5 nitrogen and oxygen atoms in total. The number of aryl methyl sites for hydroxylation is 2. The van der Waals surface area contributed by atoms with Crippen molar-refractivity contribution in [3.63, 3.8) is 0 Å². The zero-order valence-electron chi connectivity index (χ0n) is 11.7. The zero-order chi connectivity index (χ0) is 14.0.